The lowest BCUT2D eigenvalue weighted by Gasteiger charge is -2.12. The van der Waals surface area contributed by atoms with Gasteiger partial charge in [0.25, 0.3) is 0 Å². The van der Waals surface area contributed by atoms with Crippen molar-refractivity contribution in [3.8, 4) is 18.1 Å². The lowest BCUT2D eigenvalue weighted by molar-refractivity contribution is 0.406. The standard InChI is InChI=1S/C12H14O/c1-5-10-7-6-8-11(9(2)3)12(10)13-4/h1,6-9H,2-4H3. The minimum absolute atomic E-state index is 0.434. The summed E-state index contributed by atoms with van der Waals surface area (Å²) >= 11 is 0. The first-order valence-electron chi connectivity index (χ1n) is 4.34. The fraction of sp³-hybridized carbons (Fsp3) is 0.333. The van der Waals surface area contributed by atoms with E-state index in [1.54, 1.807) is 7.11 Å². The first-order valence-corrected chi connectivity index (χ1v) is 4.34. The van der Waals surface area contributed by atoms with Gasteiger partial charge in [0.15, 0.2) is 0 Å². The number of hydrogen-bond acceptors (Lipinski definition) is 1. The highest BCUT2D eigenvalue weighted by atomic mass is 16.5. The lowest BCUT2D eigenvalue weighted by atomic mass is 9.99. The van der Waals surface area contributed by atoms with Gasteiger partial charge in [-0.05, 0) is 17.5 Å². The third kappa shape index (κ3) is 1.84. The van der Waals surface area contributed by atoms with Crippen LogP contribution in [0.5, 0.6) is 5.75 Å². The summed E-state index contributed by atoms with van der Waals surface area (Å²) in [6.45, 7) is 4.25. The predicted molar refractivity (Wildman–Crippen MR) is 55.0 cm³/mol. The topological polar surface area (TPSA) is 9.23 Å². The number of ether oxygens (including phenoxy) is 1. The molecule has 0 aliphatic carbocycles. The molecule has 0 atom stereocenters. The summed E-state index contributed by atoms with van der Waals surface area (Å²) in [6.07, 6.45) is 5.37. The van der Waals surface area contributed by atoms with Crippen molar-refractivity contribution in [3.05, 3.63) is 29.3 Å². The molecule has 0 amide bonds. The van der Waals surface area contributed by atoms with E-state index in [0.29, 0.717) is 5.92 Å². The highest BCUT2D eigenvalue weighted by Gasteiger charge is 2.09. The number of rotatable bonds is 2. The summed E-state index contributed by atoms with van der Waals surface area (Å²) in [5.41, 5.74) is 1.99. The Hall–Kier alpha value is -1.42. The van der Waals surface area contributed by atoms with E-state index < -0.39 is 0 Å². The van der Waals surface area contributed by atoms with Crippen molar-refractivity contribution in [1.82, 2.24) is 0 Å². The molecule has 0 fully saturated rings. The molecule has 0 N–H and O–H groups in total. The van der Waals surface area contributed by atoms with Crippen LogP contribution in [0.1, 0.15) is 30.9 Å². The average molecular weight is 174 g/mol. The SMILES string of the molecule is C#Cc1cccc(C(C)C)c1OC. The van der Waals surface area contributed by atoms with Crippen LogP contribution in [0.3, 0.4) is 0 Å². The van der Waals surface area contributed by atoms with Crippen molar-refractivity contribution < 1.29 is 4.74 Å². The maximum absolute atomic E-state index is 5.37. The van der Waals surface area contributed by atoms with Gasteiger partial charge in [0.2, 0.25) is 0 Å². The van der Waals surface area contributed by atoms with Gasteiger partial charge in [-0.3, -0.25) is 0 Å². The lowest BCUT2D eigenvalue weighted by Crippen LogP contribution is -1.96. The second kappa shape index (κ2) is 4.00. The van der Waals surface area contributed by atoms with Crippen LogP contribution in [-0.2, 0) is 0 Å². The molecule has 0 aliphatic rings. The van der Waals surface area contributed by atoms with E-state index >= 15 is 0 Å². The van der Waals surface area contributed by atoms with Crippen LogP contribution in [0.15, 0.2) is 18.2 Å². The van der Waals surface area contributed by atoms with Crippen LogP contribution < -0.4 is 4.74 Å². The Bertz CT molecular complexity index is 331. The molecule has 1 aromatic carbocycles. The first-order chi connectivity index (χ1) is 6.20. The second-order valence-electron chi connectivity index (χ2n) is 3.23. The van der Waals surface area contributed by atoms with Crippen molar-refractivity contribution >= 4 is 0 Å². The molecule has 0 aromatic heterocycles. The van der Waals surface area contributed by atoms with Gasteiger partial charge in [-0.25, -0.2) is 0 Å². The summed E-state index contributed by atoms with van der Waals surface area (Å²) < 4.78 is 5.29. The van der Waals surface area contributed by atoms with Crippen LogP contribution in [0.4, 0.5) is 0 Å². The van der Waals surface area contributed by atoms with Gasteiger partial charge in [-0.15, -0.1) is 6.42 Å². The Kier molecular flexibility index (Phi) is 2.97. The number of terminal acetylenes is 1. The normalized spacial score (nSPS) is 9.77. The van der Waals surface area contributed by atoms with Gasteiger partial charge < -0.3 is 4.74 Å². The Morgan fingerprint density at radius 3 is 2.54 bits per heavy atom. The van der Waals surface area contributed by atoms with Crippen LogP contribution in [0.2, 0.25) is 0 Å². The van der Waals surface area contributed by atoms with Crippen molar-refractivity contribution in [2.45, 2.75) is 19.8 Å². The Morgan fingerprint density at radius 1 is 1.38 bits per heavy atom. The Balaban J connectivity index is 3.29. The maximum Gasteiger partial charge on any atom is 0.137 e. The van der Waals surface area contributed by atoms with E-state index in [0.717, 1.165) is 16.9 Å². The molecule has 1 aromatic rings. The zero-order chi connectivity index (χ0) is 9.84. The molecule has 0 aliphatic heterocycles. The molecule has 0 saturated carbocycles. The summed E-state index contributed by atoms with van der Waals surface area (Å²) in [6, 6.07) is 5.90. The quantitative estimate of drug-likeness (QED) is 0.626. The highest BCUT2D eigenvalue weighted by molar-refractivity contribution is 5.50. The largest absolute Gasteiger partial charge is 0.495 e. The van der Waals surface area contributed by atoms with Crippen LogP contribution in [0.25, 0.3) is 0 Å². The van der Waals surface area contributed by atoms with Crippen molar-refractivity contribution in [1.29, 1.82) is 0 Å². The van der Waals surface area contributed by atoms with Crippen molar-refractivity contribution in [3.63, 3.8) is 0 Å². The summed E-state index contributed by atoms with van der Waals surface area (Å²) in [7, 11) is 1.65. The van der Waals surface area contributed by atoms with Crippen LogP contribution in [-0.4, -0.2) is 7.11 Å². The maximum atomic E-state index is 5.37. The van der Waals surface area contributed by atoms with Crippen LogP contribution in [0, 0.1) is 12.3 Å². The predicted octanol–water partition coefficient (Wildman–Crippen LogP) is 2.80. The fourth-order valence-electron chi connectivity index (χ4n) is 1.35. The Labute approximate surface area is 79.7 Å². The molecule has 13 heavy (non-hydrogen) atoms. The molecule has 1 heteroatoms. The van der Waals surface area contributed by atoms with E-state index in [4.69, 9.17) is 11.2 Å². The van der Waals surface area contributed by atoms with Gasteiger partial charge in [0.1, 0.15) is 5.75 Å². The minimum atomic E-state index is 0.434. The van der Waals surface area contributed by atoms with Crippen molar-refractivity contribution in [2.75, 3.05) is 7.11 Å². The van der Waals surface area contributed by atoms with Crippen molar-refractivity contribution in [2.24, 2.45) is 0 Å². The zero-order valence-electron chi connectivity index (χ0n) is 8.29. The van der Waals surface area contributed by atoms with Gasteiger partial charge in [-0.1, -0.05) is 31.9 Å². The fourth-order valence-corrected chi connectivity index (χ4v) is 1.35. The third-order valence-electron chi connectivity index (χ3n) is 2.03. The average Bonchev–Trinajstić information content (AvgIpc) is 2.16. The first kappa shape index (κ1) is 9.67. The molecule has 1 rings (SSSR count). The number of methoxy groups -OCH3 is 1. The number of para-hydroxylation sites is 1. The molecule has 0 spiro atoms. The molecular formula is C12H14O. The Morgan fingerprint density at radius 2 is 2.08 bits per heavy atom. The van der Waals surface area contributed by atoms with Gasteiger partial charge in [0, 0.05) is 0 Å². The third-order valence-corrected chi connectivity index (χ3v) is 2.03. The molecule has 0 unspecified atom stereocenters. The highest BCUT2D eigenvalue weighted by Crippen LogP contribution is 2.29. The molecule has 0 bridgehead atoms. The molecule has 0 radical (unpaired) electrons. The molecular weight excluding hydrogens is 160 g/mol. The van der Waals surface area contributed by atoms with E-state index in [1.165, 1.54) is 0 Å². The monoisotopic (exact) mass is 174 g/mol. The van der Waals surface area contributed by atoms with E-state index in [-0.39, 0.29) is 0 Å². The summed E-state index contributed by atoms with van der Waals surface area (Å²) in [5.74, 6) is 3.88. The summed E-state index contributed by atoms with van der Waals surface area (Å²) in [4.78, 5) is 0. The van der Waals surface area contributed by atoms with E-state index in [1.807, 2.05) is 18.2 Å². The molecule has 1 nitrogen and oxygen atoms in total. The van der Waals surface area contributed by atoms with E-state index in [9.17, 15) is 0 Å². The van der Waals surface area contributed by atoms with E-state index in [2.05, 4.69) is 19.8 Å². The summed E-state index contributed by atoms with van der Waals surface area (Å²) in [5, 5.41) is 0. The molecule has 68 valence electrons. The number of hydrogen-bond donors (Lipinski definition) is 0. The van der Waals surface area contributed by atoms with Gasteiger partial charge in [0.05, 0.1) is 12.7 Å². The molecule has 0 saturated heterocycles. The second-order valence-corrected chi connectivity index (χ2v) is 3.23. The van der Waals surface area contributed by atoms with Gasteiger partial charge >= 0.3 is 0 Å². The van der Waals surface area contributed by atoms with Gasteiger partial charge in [-0.2, -0.15) is 0 Å². The van der Waals surface area contributed by atoms with Crippen LogP contribution >= 0.6 is 0 Å². The zero-order valence-corrected chi connectivity index (χ0v) is 8.29. The molecule has 0 heterocycles. The smallest absolute Gasteiger partial charge is 0.137 e. The minimum Gasteiger partial charge on any atom is -0.495 e. The number of benzene rings is 1.